The molecule has 6 heterocycles. The molecule has 1 atom stereocenters. The molecular weight excluding hydrogens is 768 g/mol. The van der Waals surface area contributed by atoms with E-state index >= 15 is 0 Å². The molecular formula is C48H52Cl2N4S2. The summed E-state index contributed by atoms with van der Waals surface area (Å²) in [6.07, 6.45) is 11.5. The van der Waals surface area contributed by atoms with E-state index in [2.05, 4.69) is 135 Å². The lowest BCUT2D eigenvalue weighted by atomic mass is 9.85. The maximum absolute atomic E-state index is 6.32. The molecule has 2 aromatic carbocycles. The van der Waals surface area contributed by atoms with Gasteiger partial charge in [0.1, 0.15) is 0 Å². The molecule has 0 N–H and O–H groups in total. The average Bonchev–Trinajstić information content (AvgIpc) is 3.78. The lowest BCUT2D eigenvalue weighted by Crippen LogP contribution is -2.30. The number of benzene rings is 2. The van der Waals surface area contributed by atoms with E-state index in [0.29, 0.717) is 5.92 Å². The second-order valence-electron chi connectivity index (χ2n) is 13.5. The van der Waals surface area contributed by atoms with Crippen molar-refractivity contribution in [2.45, 2.75) is 39.3 Å². The second kappa shape index (κ2) is 23.0. The molecule has 8 rings (SSSR count). The highest BCUT2D eigenvalue weighted by Crippen LogP contribution is 2.42. The largest absolute Gasteiger partial charge is 0.301 e. The molecule has 0 spiro atoms. The van der Waals surface area contributed by atoms with Gasteiger partial charge in [-0.3, -0.25) is 9.97 Å². The van der Waals surface area contributed by atoms with Crippen molar-refractivity contribution < 1.29 is 0 Å². The van der Waals surface area contributed by atoms with Crippen molar-refractivity contribution in [1.82, 2.24) is 19.8 Å². The molecule has 0 radical (unpaired) electrons. The number of pyridine rings is 2. The van der Waals surface area contributed by atoms with Crippen molar-refractivity contribution >= 4 is 45.9 Å². The zero-order chi connectivity index (χ0) is 40.5. The van der Waals surface area contributed by atoms with Crippen molar-refractivity contribution in [3.8, 4) is 22.5 Å². The smallest absolute Gasteiger partial charge is 0.0934 e. The summed E-state index contributed by atoms with van der Waals surface area (Å²) in [5.41, 5.74) is 11.1. The molecule has 290 valence electrons. The fourth-order valence-corrected chi connectivity index (χ4v) is 9.09. The standard InChI is InChI=1S/C20H19ClN2S.C12H11N.C8H10ClNS.2C4H6/c1-13-7-8-22-18(9-13)15-6-4-3-5-14(15)17-11-23(2)12-19-16(17)10-20(21)24-19;1-10-7-8-13-12(9-10)11-5-3-2-4-6-11;1-10-3-2-6-4-8(9)11-7(6)5-10;2*1-3-4-2/h3-10,17H,11-12H2,1-2H3;2-9H,1H3;4H,2-3,5H2,1H3;2*3-4H,1-2H2. The Morgan fingerprint density at radius 3 is 1.84 bits per heavy atom. The number of aryl methyl sites for hydroxylation is 2. The van der Waals surface area contributed by atoms with Crippen molar-refractivity contribution in [3.63, 3.8) is 0 Å². The fourth-order valence-electron chi connectivity index (χ4n) is 6.24. The van der Waals surface area contributed by atoms with Gasteiger partial charge in [-0.2, -0.15) is 0 Å². The molecule has 0 bridgehead atoms. The van der Waals surface area contributed by atoms with E-state index in [1.54, 1.807) is 47.0 Å². The van der Waals surface area contributed by atoms with Crippen LogP contribution < -0.4 is 0 Å². The molecule has 0 aliphatic carbocycles. The predicted octanol–water partition coefficient (Wildman–Crippen LogP) is 13.5. The Morgan fingerprint density at radius 2 is 1.20 bits per heavy atom. The first-order valence-corrected chi connectivity index (χ1v) is 20.8. The van der Waals surface area contributed by atoms with Crippen molar-refractivity contribution in [2.24, 2.45) is 0 Å². The molecule has 0 saturated heterocycles. The number of thiophene rings is 2. The van der Waals surface area contributed by atoms with Crippen LogP contribution >= 0.6 is 45.9 Å². The summed E-state index contributed by atoms with van der Waals surface area (Å²) in [7, 11) is 4.33. The number of likely N-dealkylation sites (N-methyl/N-ethyl adjacent to an activating group) is 2. The Balaban J connectivity index is 0.000000183. The number of allylic oxidation sites excluding steroid dienone is 4. The van der Waals surface area contributed by atoms with E-state index in [1.807, 2.05) is 42.7 Å². The van der Waals surface area contributed by atoms with Gasteiger partial charge in [-0.05, 0) is 98.6 Å². The van der Waals surface area contributed by atoms with Crippen LogP contribution in [0, 0.1) is 13.8 Å². The van der Waals surface area contributed by atoms with Crippen LogP contribution in [0.1, 0.15) is 43.5 Å². The number of rotatable bonds is 5. The minimum atomic E-state index is 0.334. The first-order chi connectivity index (χ1) is 27.1. The van der Waals surface area contributed by atoms with Gasteiger partial charge < -0.3 is 9.80 Å². The Labute approximate surface area is 352 Å². The number of hydrogen-bond acceptors (Lipinski definition) is 6. The summed E-state index contributed by atoms with van der Waals surface area (Å²) in [5.74, 6) is 0.334. The van der Waals surface area contributed by atoms with Gasteiger partial charge in [0.2, 0.25) is 0 Å². The van der Waals surface area contributed by atoms with Gasteiger partial charge in [0.05, 0.1) is 20.1 Å². The van der Waals surface area contributed by atoms with Crippen LogP contribution in [0.25, 0.3) is 22.5 Å². The predicted molar refractivity (Wildman–Crippen MR) is 246 cm³/mol. The summed E-state index contributed by atoms with van der Waals surface area (Å²) in [5, 5.41) is 0. The Hall–Kier alpha value is -4.40. The monoisotopic (exact) mass is 818 g/mol. The molecule has 0 amide bonds. The zero-order valence-corrected chi connectivity index (χ0v) is 36.1. The third-order valence-corrected chi connectivity index (χ3v) is 11.5. The van der Waals surface area contributed by atoms with E-state index in [1.165, 1.54) is 55.2 Å². The minimum Gasteiger partial charge on any atom is -0.301 e. The third kappa shape index (κ3) is 13.4. The van der Waals surface area contributed by atoms with Gasteiger partial charge >= 0.3 is 0 Å². The van der Waals surface area contributed by atoms with Crippen molar-refractivity contribution in [3.05, 3.63) is 200 Å². The second-order valence-corrected chi connectivity index (χ2v) is 17.0. The first-order valence-electron chi connectivity index (χ1n) is 18.5. The summed E-state index contributed by atoms with van der Waals surface area (Å²) < 4.78 is 1.82. The van der Waals surface area contributed by atoms with Crippen LogP contribution in [0.2, 0.25) is 8.67 Å². The molecule has 1 unspecified atom stereocenters. The molecule has 4 nitrogen and oxygen atoms in total. The van der Waals surface area contributed by atoms with Crippen molar-refractivity contribution in [1.29, 1.82) is 0 Å². The lowest BCUT2D eigenvalue weighted by Gasteiger charge is -2.31. The summed E-state index contributed by atoms with van der Waals surface area (Å²) in [6.45, 7) is 21.9. The highest BCUT2D eigenvalue weighted by atomic mass is 35.5. The molecule has 0 saturated carbocycles. The van der Waals surface area contributed by atoms with Crippen LogP contribution in [0.3, 0.4) is 0 Å². The van der Waals surface area contributed by atoms with E-state index in [9.17, 15) is 0 Å². The van der Waals surface area contributed by atoms with Gasteiger partial charge in [0.15, 0.2) is 0 Å². The van der Waals surface area contributed by atoms with E-state index < -0.39 is 0 Å². The van der Waals surface area contributed by atoms with Crippen LogP contribution in [0.4, 0.5) is 0 Å². The summed E-state index contributed by atoms with van der Waals surface area (Å²) in [4.78, 5) is 16.5. The number of halogens is 2. The zero-order valence-electron chi connectivity index (χ0n) is 32.9. The van der Waals surface area contributed by atoms with E-state index in [0.717, 1.165) is 46.1 Å². The maximum atomic E-state index is 6.32. The maximum Gasteiger partial charge on any atom is 0.0934 e. The number of nitrogens with zero attached hydrogens (tertiary/aromatic N) is 4. The van der Waals surface area contributed by atoms with Gasteiger partial charge in [-0.1, -0.05) is 128 Å². The molecule has 8 heteroatoms. The third-order valence-electron chi connectivity index (χ3n) is 8.98. The Bertz CT molecular complexity index is 2150. The van der Waals surface area contributed by atoms with E-state index in [4.69, 9.17) is 23.2 Å². The molecule has 2 aliphatic heterocycles. The number of aromatic nitrogens is 2. The van der Waals surface area contributed by atoms with Gasteiger partial charge in [0.25, 0.3) is 0 Å². The molecule has 6 aromatic rings. The Kier molecular flexibility index (Phi) is 18.2. The molecule has 56 heavy (non-hydrogen) atoms. The lowest BCUT2D eigenvalue weighted by molar-refractivity contribution is 0.299. The number of fused-ring (bicyclic) bond motifs is 2. The fraction of sp³-hybridized carbons (Fsp3) is 0.208. The van der Waals surface area contributed by atoms with E-state index in [-0.39, 0.29) is 0 Å². The van der Waals surface area contributed by atoms with Crippen molar-refractivity contribution in [2.75, 3.05) is 27.2 Å². The van der Waals surface area contributed by atoms with Crippen LogP contribution in [-0.4, -0.2) is 47.0 Å². The van der Waals surface area contributed by atoms with Crippen LogP contribution in [0.15, 0.2) is 154 Å². The Morgan fingerprint density at radius 1 is 0.643 bits per heavy atom. The van der Waals surface area contributed by atoms with Gasteiger partial charge in [0, 0.05) is 65.4 Å². The average molecular weight is 820 g/mol. The number of hydrogen-bond donors (Lipinski definition) is 0. The highest BCUT2D eigenvalue weighted by molar-refractivity contribution is 7.16. The topological polar surface area (TPSA) is 32.3 Å². The highest BCUT2D eigenvalue weighted by Gasteiger charge is 2.29. The SMILES string of the molecule is C=CC=C.C=CC=C.CN1CCc2cc(Cl)sc2C1.Cc1ccnc(-c2ccccc2)c1.Cc1ccnc(-c2ccccc2C2CN(C)Cc3sc(Cl)cc32)c1. The van der Waals surface area contributed by atoms with Gasteiger partial charge in [-0.25, -0.2) is 0 Å². The molecule has 2 aliphatic rings. The quantitative estimate of drug-likeness (QED) is 0.162. The summed E-state index contributed by atoms with van der Waals surface area (Å²) in [6, 6.07) is 31.4. The van der Waals surface area contributed by atoms with Crippen LogP contribution in [0.5, 0.6) is 0 Å². The molecule has 0 fully saturated rings. The summed E-state index contributed by atoms with van der Waals surface area (Å²) >= 11 is 15.6. The first kappa shape index (κ1) is 44.3. The van der Waals surface area contributed by atoms with Crippen LogP contribution in [-0.2, 0) is 19.5 Å². The normalized spacial score (nSPS) is 14.2. The minimum absolute atomic E-state index is 0.334. The molecule has 4 aromatic heterocycles. The van der Waals surface area contributed by atoms with Gasteiger partial charge in [-0.15, -0.1) is 22.7 Å².